The van der Waals surface area contributed by atoms with Crippen LogP contribution in [0.1, 0.15) is 42.8 Å². The molecule has 2 fully saturated rings. The molecule has 0 spiro atoms. The van der Waals surface area contributed by atoms with Gasteiger partial charge in [-0.3, -0.25) is 0 Å². The highest BCUT2D eigenvalue weighted by molar-refractivity contribution is 6.42. The van der Waals surface area contributed by atoms with Crippen molar-refractivity contribution in [3.8, 4) is 0 Å². The highest BCUT2D eigenvalue weighted by atomic mass is 35.5. The molecule has 166 valence electrons. The van der Waals surface area contributed by atoms with Crippen molar-refractivity contribution in [1.29, 1.82) is 0 Å². The number of benzene rings is 2. The van der Waals surface area contributed by atoms with Gasteiger partial charge in [-0.1, -0.05) is 47.5 Å². The fraction of sp³-hybridized carbons (Fsp3) is 0.435. The smallest absolute Gasteiger partial charge is 0.338 e. The maximum Gasteiger partial charge on any atom is 0.338 e. The van der Waals surface area contributed by atoms with E-state index < -0.39 is 42.0 Å². The second-order valence-corrected chi connectivity index (χ2v) is 9.06. The van der Waals surface area contributed by atoms with Crippen molar-refractivity contribution in [1.82, 2.24) is 0 Å². The summed E-state index contributed by atoms with van der Waals surface area (Å²) in [6.45, 7) is 5.52. The summed E-state index contributed by atoms with van der Waals surface area (Å²) in [6, 6.07) is 13.8. The van der Waals surface area contributed by atoms with Crippen molar-refractivity contribution < 1.29 is 28.5 Å². The summed E-state index contributed by atoms with van der Waals surface area (Å²) in [5.41, 5.74) is 0.0889. The number of ether oxygens (including phenoxy) is 5. The lowest BCUT2D eigenvalue weighted by Crippen LogP contribution is -2.47. The van der Waals surface area contributed by atoms with Crippen LogP contribution in [-0.2, 0) is 23.7 Å². The maximum absolute atomic E-state index is 13.0. The average Bonchev–Trinajstić information content (AvgIpc) is 3.13. The number of halogens is 2. The average molecular weight is 467 g/mol. The molecule has 0 aromatic heterocycles. The lowest BCUT2D eigenvalue weighted by Gasteiger charge is -2.34. The zero-order valence-electron chi connectivity index (χ0n) is 17.6. The van der Waals surface area contributed by atoms with Crippen molar-refractivity contribution in [2.75, 3.05) is 7.11 Å². The Morgan fingerprint density at radius 2 is 1.77 bits per heavy atom. The first kappa shape index (κ1) is 22.5. The molecular weight excluding hydrogens is 443 g/mol. The second-order valence-electron chi connectivity index (χ2n) is 8.25. The Bertz CT molecular complexity index is 966. The first-order valence-electron chi connectivity index (χ1n) is 9.92. The highest BCUT2D eigenvalue weighted by Crippen LogP contribution is 2.51. The van der Waals surface area contributed by atoms with Crippen LogP contribution in [0.4, 0.5) is 0 Å². The van der Waals surface area contributed by atoms with Gasteiger partial charge in [0.05, 0.1) is 15.6 Å². The molecule has 6 nitrogen and oxygen atoms in total. The summed E-state index contributed by atoms with van der Waals surface area (Å²) < 4.78 is 30.0. The summed E-state index contributed by atoms with van der Waals surface area (Å²) in [5.74, 6) is -1.36. The number of carbonyl (C=O) groups is 1. The zero-order valence-corrected chi connectivity index (χ0v) is 19.1. The monoisotopic (exact) mass is 466 g/mol. The molecular formula is C23H24Cl2O6. The third kappa shape index (κ3) is 4.21. The zero-order chi connectivity index (χ0) is 22.4. The Morgan fingerprint density at radius 1 is 1.06 bits per heavy atom. The Hall–Kier alpha value is -1.67. The standard InChI is InChI=1S/C23H24Cl2O6/c1-22(2)30-19-21(27-4)29-18(23(19,3)31-22)17(14-10-11-15(24)16(25)12-14)28-20(26)13-8-6-5-7-9-13/h5-12,17-19,21H,1-4H3/t17-,18-,19+,21-,23-/m1/s1. The van der Waals surface area contributed by atoms with Crippen LogP contribution in [0.5, 0.6) is 0 Å². The number of hydrogen-bond donors (Lipinski definition) is 0. The normalized spacial score (nSPS) is 30.1. The van der Waals surface area contributed by atoms with Crippen LogP contribution in [-0.4, -0.2) is 43.0 Å². The fourth-order valence-corrected chi connectivity index (χ4v) is 4.54. The van der Waals surface area contributed by atoms with Crippen LogP contribution in [0.25, 0.3) is 0 Å². The third-order valence-corrected chi connectivity index (χ3v) is 6.30. The van der Waals surface area contributed by atoms with Gasteiger partial charge < -0.3 is 23.7 Å². The Balaban J connectivity index is 1.75. The molecule has 0 radical (unpaired) electrons. The van der Waals surface area contributed by atoms with Crippen LogP contribution >= 0.6 is 23.2 Å². The summed E-state index contributed by atoms with van der Waals surface area (Å²) in [6.07, 6.45) is -2.79. The van der Waals surface area contributed by atoms with Crippen molar-refractivity contribution in [2.24, 2.45) is 0 Å². The van der Waals surface area contributed by atoms with E-state index in [0.717, 1.165) is 0 Å². The van der Waals surface area contributed by atoms with E-state index in [0.29, 0.717) is 21.2 Å². The van der Waals surface area contributed by atoms with Gasteiger partial charge in [0.15, 0.2) is 18.2 Å². The first-order chi connectivity index (χ1) is 14.6. The molecule has 4 rings (SSSR count). The van der Waals surface area contributed by atoms with Gasteiger partial charge in [-0.15, -0.1) is 0 Å². The van der Waals surface area contributed by atoms with E-state index in [2.05, 4.69) is 0 Å². The Morgan fingerprint density at radius 3 is 2.42 bits per heavy atom. The summed E-state index contributed by atoms with van der Waals surface area (Å²) >= 11 is 12.4. The van der Waals surface area contributed by atoms with Gasteiger partial charge in [0.1, 0.15) is 17.8 Å². The number of rotatable bonds is 5. The summed E-state index contributed by atoms with van der Waals surface area (Å²) in [5, 5.41) is 0.734. The SMILES string of the molecule is CO[C@@H]1O[C@H]([C@H](OC(=O)c2ccccc2)c2ccc(Cl)c(Cl)c2)[C@@]2(C)OC(C)(C)O[C@@H]12. The largest absolute Gasteiger partial charge is 0.451 e. The molecule has 2 aliphatic heterocycles. The third-order valence-electron chi connectivity index (χ3n) is 5.56. The minimum Gasteiger partial charge on any atom is -0.451 e. The van der Waals surface area contributed by atoms with Crippen molar-refractivity contribution >= 4 is 29.2 Å². The van der Waals surface area contributed by atoms with Crippen LogP contribution in [0.3, 0.4) is 0 Å². The van der Waals surface area contributed by atoms with E-state index in [9.17, 15) is 4.79 Å². The second kappa shape index (κ2) is 8.35. The van der Waals surface area contributed by atoms with Crippen LogP contribution < -0.4 is 0 Å². The van der Waals surface area contributed by atoms with Crippen molar-refractivity contribution in [3.63, 3.8) is 0 Å². The van der Waals surface area contributed by atoms with Crippen molar-refractivity contribution in [2.45, 2.75) is 56.8 Å². The molecule has 0 aliphatic carbocycles. The molecule has 0 amide bonds. The maximum atomic E-state index is 13.0. The summed E-state index contributed by atoms with van der Waals surface area (Å²) in [4.78, 5) is 13.0. The lowest BCUT2D eigenvalue weighted by atomic mass is 9.88. The van der Waals surface area contributed by atoms with Gasteiger partial charge >= 0.3 is 5.97 Å². The van der Waals surface area contributed by atoms with Crippen LogP contribution in [0.15, 0.2) is 48.5 Å². The highest BCUT2D eigenvalue weighted by Gasteiger charge is 2.66. The lowest BCUT2D eigenvalue weighted by molar-refractivity contribution is -0.246. The number of methoxy groups -OCH3 is 1. The molecule has 0 saturated carbocycles. The predicted molar refractivity (Wildman–Crippen MR) is 115 cm³/mol. The van der Waals surface area contributed by atoms with Gasteiger partial charge in [0.25, 0.3) is 0 Å². The minimum atomic E-state index is -0.947. The Kier molecular flexibility index (Phi) is 6.07. The molecule has 2 saturated heterocycles. The summed E-state index contributed by atoms with van der Waals surface area (Å²) in [7, 11) is 1.53. The molecule has 2 heterocycles. The van der Waals surface area contributed by atoms with Gasteiger partial charge in [-0.05, 0) is 50.6 Å². The molecule has 0 unspecified atom stereocenters. The van der Waals surface area contributed by atoms with Crippen LogP contribution in [0, 0.1) is 0 Å². The van der Waals surface area contributed by atoms with E-state index in [4.69, 9.17) is 46.9 Å². The molecule has 8 heteroatoms. The van der Waals surface area contributed by atoms with E-state index in [1.165, 1.54) is 7.11 Å². The predicted octanol–water partition coefficient (Wildman–Crippen LogP) is 5.17. The number of fused-ring (bicyclic) bond motifs is 1. The van der Waals surface area contributed by atoms with Crippen molar-refractivity contribution in [3.05, 3.63) is 69.7 Å². The quantitative estimate of drug-likeness (QED) is 0.566. The first-order valence-corrected chi connectivity index (χ1v) is 10.7. The minimum absolute atomic E-state index is 0.340. The van der Waals surface area contributed by atoms with Crippen LogP contribution in [0.2, 0.25) is 10.0 Å². The van der Waals surface area contributed by atoms with E-state index >= 15 is 0 Å². The number of carbonyl (C=O) groups excluding carboxylic acids is 1. The van der Waals surface area contributed by atoms with Gasteiger partial charge in [-0.25, -0.2) is 4.79 Å². The van der Waals surface area contributed by atoms with Gasteiger partial charge in [0, 0.05) is 7.11 Å². The number of esters is 1. The molecule has 2 aromatic rings. The molecule has 5 atom stereocenters. The molecule has 31 heavy (non-hydrogen) atoms. The fourth-order valence-electron chi connectivity index (χ4n) is 4.23. The Labute approximate surface area is 191 Å². The molecule has 2 aromatic carbocycles. The van der Waals surface area contributed by atoms with E-state index in [1.54, 1.807) is 42.5 Å². The van der Waals surface area contributed by atoms with E-state index in [-0.39, 0.29) is 0 Å². The molecule has 0 N–H and O–H groups in total. The van der Waals surface area contributed by atoms with Gasteiger partial charge in [0.2, 0.25) is 0 Å². The molecule has 2 aliphatic rings. The molecule has 0 bridgehead atoms. The van der Waals surface area contributed by atoms with Gasteiger partial charge in [-0.2, -0.15) is 0 Å². The topological polar surface area (TPSA) is 63.2 Å². The van der Waals surface area contributed by atoms with E-state index in [1.807, 2.05) is 26.8 Å². The number of hydrogen-bond acceptors (Lipinski definition) is 6.